The molecule has 0 rings (SSSR count). The lowest BCUT2D eigenvalue weighted by molar-refractivity contribution is -0.108. The Kier molecular flexibility index (Phi) is 21.4. The van der Waals surface area contributed by atoms with Crippen LogP contribution in [-0.2, 0) is 4.79 Å². The molecule has 0 aromatic rings. The van der Waals surface area contributed by atoms with Crippen LogP contribution >= 0.6 is 0 Å². The van der Waals surface area contributed by atoms with Crippen LogP contribution in [0.3, 0.4) is 0 Å². The molecule has 0 aliphatic heterocycles. The van der Waals surface area contributed by atoms with Crippen molar-refractivity contribution in [2.75, 3.05) is 19.6 Å². The van der Waals surface area contributed by atoms with Crippen molar-refractivity contribution < 1.29 is 4.79 Å². The minimum Gasteiger partial charge on any atom is -0.303 e. The van der Waals surface area contributed by atoms with Crippen molar-refractivity contribution in [3.63, 3.8) is 0 Å². The predicted octanol–water partition coefficient (Wildman–Crippen LogP) is 7.16. The Morgan fingerprint density at radius 2 is 0.880 bits per heavy atom. The topological polar surface area (TPSA) is 20.3 Å². The van der Waals surface area contributed by atoms with Crippen LogP contribution in [0.15, 0.2) is 0 Å². The van der Waals surface area contributed by atoms with Crippen LogP contribution in [-0.4, -0.2) is 30.8 Å². The quantitative estimate of drug-likeness (QED) is 0.161. The normalized spacial score (nSPS) is 11.3. The van der Waals surface area contributed by atoms with Gasteiger partial charge in [0.2, 0.25) is 0 Å². The molecule has 0 amide bonds. The fraction of sp³-hybridized carbons (Fsp3) is 0.957. The molecule has 25 heavy (non-hydrogen) atoms. The van der Waals surface area contributed by atoms with Crippen molar-refractivity contribution in [2.24, 2.45) is 0 Å². The molecule has 0 radical (unpaired) electrons. The molecule has 0 heterocycles. The highest BCUT2D eigenvalue weighted by atomic mass is 16.1. The summed E-state index contributed by atoms with van der Waals surface area (Å²) < 4.78 is 0. The standard InChI is InChI=1S/C23H47NO/c1-3-5-7-9-11-13-15-17-20-24(22-19-23-25)21-18-16-14-12-10-8-6-4-2/h23H,3-22H2,1-2H3. The first kappa shape index (κ1) is 24.6. The molecule has 0 fully saturated rings. The molecule has 0 saturated heterocycles. The summed E-state index contributed by atoms with van der Waals surface area (Å²) in [5.41, 5.74) is 0. The number of aldehydes is 1. The molecular formula is C23H47NO. The van der Waals surface area contributed by atoms with Crippen LogP contribution in [0.25, 0.3) is 0 Å². The summed E-state index contributed by atoms with van der Waals surface area (Å²) in [6, 6.07) is 0. The van der Waals surface area contributed by atoms with Crippen LogP contribution < -0.4 is 0 Å². The number of carbonyl (C=O) groups excluding carboxylic acids is 1. The Labute approximate surface area is 159 Å². The Balaban J connectivity index is 3.56. The molecule has 150 valence electrons. The average Bonchev–Trinajstić information content (AvgIpc) is 2.63. The molecule has 0 aliphatic rings. The van der Waals surface area contributed by atoms with Crippen LogP contribution in [0.1, 0.15) is 123 Å². The zero-order chi connectivity index (χ0) is 18.4. The van der Waals surface area contributed by atoms with Crippen molar-refractivity contribution in [3.05, 3.63) is 0 Å². The van der Waals surface area contributed by atoms with E-state index < -0.39 is 0 Å². The highest BCUT2D eigenvalue weighted by Gasteiger charge is 2.04. The summed E-state index contributed by atoms with van der Waals surface area (Å²) >= 11 is 0. The third-order valence-corrected chi connectivity index (χ3v) is 5.22. The van der Waals surface area contributed by atoms with E-state index in [4.69, 9.17) is 0 Å². The molecular weight excluding hydrogens is 306 g/mol. The fourth-order valence-corrected chi connectivity index (χ4v) is 3.51. The second-order valence-corrected chi connectivity index (χ2v) is 7.75. The first-order valence-electron chi connectivity index (χ1n) is 11.5. The highest BCUT2D eigenvalue weighted by molar-refractivity contribution is 5.49. The number of nitrogens with zero attached hydrogens (tertiary/aromatic N) is 1. The SMILES string of the molecule is CCCCCCCCCCN(CCC=O)CCCCCCCCCC. The zero-order valence-corrected chi connectivity index (χ0v) is 17.6. The summed E-state index contributed by atoms with van der Waals surface area (Å²) in [4.78, 5) is 13.2. The van der Waals surface area contributed by atoms with Gasteiger partial charge in [-0.1, -0.05) is 104 Å². The van der Waals surface area contributed by atoms with Gasteiger partial charge in [0.25, 0.3) is 0 Å². The monoisotopic (exact) mass is 353 g/mol. The van der Waals surface area contributed by atoms with Crippen molar-refractivity contribution in [3.8, 4) is 0 Å². The molecule has 2 nitrogen and oxygen atoms in total. The maximum absolute atomic E-state index is 10.7. The first-order valence-corrected chi connectivity index (χ1v) is 11.5. The average molecular weight is 354 g/mol. The molecule has 0 aromatic heterocycles. The van der Waals surface area contributed by atoms with Gasteiger partial charge in [-0.3, -0.25) is 0 Å². The molecule has 0 aromatic carbocycles. The van der Waals surface area contributed by atoms with Gasteiger partial charge in [-0.05, 0) is 25.9 Å². The van der Waals surface area contributed by atoms with E-state index in [1.54, 1.807) is 0 Å². The van der Waals surface area contributed by atoms with Gasteiger partial charge in [-0.2, -0.15) is 0 Å². The lowest BCUT2D eigenvalue weighted by Gasteiger charge is -2.21. The van der Waals surface area contributed by atoms with Gasteiger partial charge >= 0.3 is 0 Å². The van der Waals surface area contributed by atoms with E-state index in [0.717, 1.165) is 12.8 Å². The van der Waals surface area contributed by atoms with E-state index in [2.05, 4.69) is 18.7 Å². The summed E-state index contributed by atoms with van der Waals surface area (Å²) in [6.07, 6.45) is 23.9. The van der Waals surface area contributed by atoms with E-state index >= 15 is 0 Å². The molecule has 0 N–H and O–H groups in total. The van der Waals surface area contributed by atoms with E-state index in [1.165, 1.54) is 116 Å². The Bertz CT molecular complexity index is 234. The smallest absolute Gasteiger partial charge is 0.121 e. The summed E-state index contributed by atoms with van der Waals surface area (Å²) in [6.45, 7) is 7.91. The Morgan fingerprint density at radius 1 is 0.520 bits per heavy atom. The zero-order valence-electron chi connectivity index (χ0n) is 17.6. The van der Waals surface area contributed by atoms with Crippen molar-refractivity contribution >= 4 is 6.29 Å². The molecule has 0 unspecified atom stereocenters. The van der Waals surface area contributed by atoms with Gasteiger partial charge in [0.1, 0.15) is 6.29 Å². The number of carbonyl (C=O) groups is 1. The van der Waals surface area contributed by atoms with Gasteiger partial charge in [-0.15, -0.1) is 0 Å². The highest BCUT2D eigenvalue weighted by Crippen LogP contribution is 2.11. The lowest BCUT2D eigenvalue weighted by Crippen LogP contribution is -2.27. The summed E-state index contributed by atoms with van der Waals surface area (Å²) in [5.74, 6) is 0. The molecule has 0 spiro atoms. The van der Waals surface area contributed by atoms with E-state index in [1.807, 2.05) is 0 Å². The van der Waals surface area contributed by atoms with Gasteiger partial charge < -0.3 is 9.69 Å². The van der Waals surface area contributed by atoms with Crippen LogP contribution in [0, 0.1) is 0 Å². The van der Waals surface area contributed by atoms with Crippen molar-refractivity contribution in [2.45, 2.75) is 123 Å². The fourth-order valence-electron chi connectivity index (χ4n) is 3.51. The van der Waals surface area contributed by atoms with Crippen LogP contribution in [0.4, 0.5) is 0 Å². The van der Waals surface area contributed by atoms with Crippen LogP contribution in [0.2, 0.25) is 0 Å². The third-order valence-electron chi connectivity index (χ3n) is 5.22. The van der Waals surface area contributed by atoms with E-state index in [-0.39, 0.29) is 0 Å². The number of unbranched alkanes of at least 4 members (excludes halogenated alkanes) is 14. The largest absolute Gasteiger partial charge is 0.303 e. The molecule has 0 atom stereocenters. The van der Waals surface area contributed by atoms with Gasteiger partial charge in [0.15, 0.2) is 0 Å². The number of hydrogen-bond acceptors (Lipinski definition) is 2. The van der Waals surface area contributed by atoms with Gasteiger partial charge in [0.05, 0.1) is 0 Å². The maximum Gasteiger partial charge on any atom is 0.121 e. The molecule has 0 bridgehead atoms. The van der Waals surface area contributed by atoms with Gasteiger partial charge in [-0.25, -0.2) is 0 Å². The third kappa shape index (κ3) is 19.8. The molecule has 0 saturated carbocycles. The minimum atomic E-state index is 0.702. The molecule has 0 aliphatic carbocycles. The van der Waals surface area contributed by atoms with Gasteiger partial charge in [0, 0.05) is 13.0 Å². The van der Waals surface area contributed by atoms with Crippen LogP contribution in [0.5, 0.6) is 0 Å². The van der Waals surface area contributed by atoms with Crippen molar-refractivity contribution in [1.82, 2.24) is 4.90 Å². The minimum absolute atomic E-state index is 0.702. The number of hydrogen-bond donors (Lipinski definition) is 0. The maximum atomic E-state index is 10.7. The number of rotatable bonds is 21. The lowest BCUT2D eigenvalue weighted by atomic mass is 10.1. The second kappa shape index (κ2) is 21.7. The Morgan fingerprint density at radius 3 is 1.24 bits per heavy atom. The summed E-state index contributed by atoms with van der Waals surface area (Å²) in [5, 5.41) is 0. The van der Waals surface area contributed by atoms with E-state index in [0.29, 0.717) is 6.42 Å². The predicted molar refractivity (Wildman–Crippen MR) is 112 cm³/mol. The summed E-state index contributed by atoms with van der Waals surface area (Å²) in [7, 11) is 0. The van der Waals surface area contributed by atoms with Crippen molar-refractivity contribution in [1.29, 1.82) is 0 Å². The second-order valence-electron chi connectivity index (χ2n) is 7.75. The Hall–Kier alpha value is -0.370. The van der Waals surface area contributed by atoms with E-state index in [9.17, 15) is 4.79 Å². The molecule has 2 heteroatoms. The first-order chi connectivity index (χ1) is 12.3.